The van der Waals surface area contributed by atoms with E-state index in [0.717, 1.165) is 0 Å². The summed E-state index contributed by atoms with van der Waals surface area (Å²) in [5.41, 5.74) is 4.74. The molecule has 4 nitrogen and oxygen atoms in total. The predicted octanol–water partition coefficient (Wildman–Crippen LogP) is 0.214. The maximum Gasteiger partial charge on any atom is 0.315 e. The third-order valence-corrected chi connectivity index (χ3v) is 0.979. The first kappa shape index (κ1) is 8.52. The van der Waals surface area contributed by atoms with E-state index in [1.165, 1.54) is 14.0 Å². The van der Waals surface area contributed by atoms with Crippen molar-refractivity contribution in [2.24, 2.45) is 5.73 Å². The lowest BCUT2D eigenvalue weighted by molar-refractivity contribution is 0.0603. The van der Waals surface area contributed by atoms with Crippen molar-refractivity contribution in [3.05, 3.63) is 0 Å². The molecule has 0 bridgehead atoms. The van der Waals surface area contributed by atoms with Gasteiger partial charge in [-0.15, -0.1) is 0 Å². The number of nitrogens with one attached hydrogen (secondary N) is 1. The molecule has 5 heteroatoms. The summed E-state index contributed by atoms with van der Waals surface area (Å²) in [6, 6.07) is -0.714. The quantitative estimate of drug-likeness (QED) is 0.338. The molecular formula is C4H9ClN2O2. The number of primary amides is 1. The summed E-state index contributed by atoms with van der Waals surface area (Å²) in [5, 5.41) is 0.962. The fraction of sp³-hybridized carbons (Fsp3) is 0.750. The lowest BCUT2D eigenvalue weighted by atomic mass is 10.6. The van der Waals surface area contributed by atoms with Crippen molar-refractivity contribution in [3.8, 4) is 0 Å². The molecule has 9 heavy (non-hydrogen) atoms. The van der Waals surface area contributed by atoms with Gasteiger partial charge in [0.25, 0.3) is 0 Å². The Morgan fingerprint density at radius 1 is 1.89 bits per heavy atom. The molecule has 0 aliphatic carbocycles. The van der Waals surface area contributed by atoms with E-state index < -0.39 is 11.2 Å². The van der Waals surface area contributed by atoms with Gasteiger partial charge in [-0.05, 0) is 6.92 Å². The molecule has 0 fully saturated rings. The average Bonchev–Trinajstić information content (AvgIpc) is 1.63. The second kappa shape index (κ2) is 2.89. The van der Waals surface area contributed by atoms with Gasteiger partial charge in [0.2, 0.25) is 5.18 Å². The Hall–Kier alpha value is -0.480. The molecule has 0 aliphatic rings. The number of carbonyl (C=O) groups is 1. The van der Waals surface area contributed by atoms with Crippen molar-refractivity contribution >= 4 is 17.6 Å². The smallest absolute Gasteiger partial charge is 0.315 e. The first-order valence-electron chi connectivity index (χ1n) is 2.29. The number of amides is 2. The molecule has 2 amide bonds. The van der Waals surface area contributed by atoms with Crippen LogP contribution in [0.4, 0.5) is 4.79 Å². The van der Waals surface area contributed by atoms with Crippen LogP contribution in [0.25, 0.3) is 0 Å². The molecule has 1 unspecified atom stereocenters. The first-order chi connectivity index (χ1) is 3.98. The van der Waals surface area contributed by atoms with Gasteiger partial charge in [0.05, 0.1) is 0 Å². The minimum absolute atomic E-state index is 0.714. The number of methoxy groups -OCH3 is 1. The number of alkyl halides is 1. The highest BCUT2D eigenvalue weighted by molar-refractivity contribution is 6.23. The Morgan fingerprint density at radius 3 is 2.44 bits per heavy atom. The van der Waals surface area contributed by atoms with Crippen molar-refractivity contribution in [1.29, 1.82) is 0 Å². The van der Waals surface area contributed by atoms with Crippen LogP contribution >= 0.6 is 11.6 Å². The molecule has 0 saturated carbocycles. The van der Waals surface area contributed by atoms with Gasteiger partial charge in [-0.25, -0.2) is 4.79 Å². The topological polar surface area (TPSA) is 64.3 Å². The van der Waals surface area contributed by atoms with Crippen LogP contribution in [0.3, 0.4) is 0 Å². The zero-order valence-electron chi connectivity index (χ0n) is 5.27. The zero-order chi connectivity index (χ0) is 7.49. The molecule has 0 aromatic carbocycles. The molecule has 0 aromatic heterocycles. The molecule has 0 heterocycles. The zero-order valence-corrected chi connectivity index (χ0v) is 6.03. The van der Waals surface area contributed by atoms with E-state index >= 15 is 0 Å². The van der Waals surface area contributed by atoms with Crippen LogP contribution in [-0.4, -0.2) is 18.3 Å². The summed E-state index contributed by atoms with van der Waals surface area (Å²) in [5.74, 6) is 0. The van der Waals surface area contributed by atoms with E-state index in [2.05, 4.69) is 10.1 Å². The summed E-state index contributed by atoms with van der Waals surface area (Å²) < 4.78 is 4.60. The SMILES string of the molecule is COC(C)(Cl)NC(N)=O. The van der Waals surface area contributed by atoms with E-state index in [1.54, 1.807) is 0 Å². The number of halogens is 1. The molecule has 0 rings (SSSR count). The van der Waals surface area contributed by atoms with Crippen molar-refractivity contribution in [3.63, 3.8) is 0 Å². The molecule has 0 radical (unpaired) electrons. The lowest BCUT2D eigenvalue weighted by Crippen LogP contribution is -2.45. The summed E-state index contributed by atoms with van der Waals surface area (Å²) in [6.07, 6.45) is 0. The minimum Gasteiger partial charge on any atom is -0.352 e. The van der Waals surface area contributed by atoms with Crippen LogP contribution in [0, 0.1) is 0 Å². The third kappa shape index (κ3) is 4.05. The van der Waals surface area contributed by atoms with Gasteiger partial charge in [0, 0.05) is 7.11 Å². The Kier molecular flexibility index (Phi) is 2.73. The standard InChI is InChI=1S/C4H9ClN2O2/c1-4(5,9-2)7-3(6)8/h1-2H3,(H3,6,7,8). The number of rotatable bonds is 2. The molecular weight excluding hydrogens is 144 g/mol. The molecule has 3 N–H and O–H groups in total. The van der Waals surface area contributed by atoms with Crippen LogP contribution < -0.4 is 11.1 Å². The van der Waals surface area contributed by atoms with Crippen molar-refractivity contribution in [1.82, 2.24) is 5.32 Å². The van der Waals surface area contributed by atoms with Crippen molar-refractivity contribution in [2.75, 3.05) is 7.11 Å². The summed E-state index contributed by atoms with van der Waals surface area (Å²) in [6.45, 7) is 1.47. The average molecular weight is 153 g/mol. The van der Waals surface area contributed by atoms with Crippen LogP contribution in [-0.2, 0) is 4.74 Å². The predicted molar refractivity (Wildman–Crippen MR) is 34.0 cm³/mol. The van der Waals surface area contributed by atoms with Gasteiger partial charge in [-0.3, -0.25) is 5.32 Å². The van der Waals surface area contributed by atoms with Crippen molar-refractivity contribution < 1.29 is 9.53 Å². The highest BCUT2D eigenvalue weighted by Crippen LogP contribution is 2.08. The number of urea groups is 1. The monoisotopic (exact) mass is 152 g/mol. The van der Waals surface area contributed by atoms with Crippen LogP contribution in [0.5, 0.6) is 0 Å². The van der Waals surface area contributed by atoms with Crippen molar-refractivity contribution in [2.45, 2.75) is 12.1 Å². The van der Waals surface area contributed by atoms with Crippen LogP contribution in [0.1, 0.15) is 6.92 Å². The number of nitrogens with two attached hydrogens (primary N) is 1. The number of carbonyl (C=O) groups excluding carboxylic acids is 1. The third-order valence-electron chi connectivity index (χ3n) is 0.730. The van der Waals surface area contributed by atoms with Crippen LogP contribution in [0.2, 0.25) is 0 Å². The van der Waals surface area contributed by atoms with Gasteiger partial charge in [0.15, 0.2) is 0 Å². The molecule has 0 aliphatic heterocycles. The number of ether oxygens (including phenoxy) is 1. The molecule has 54 valence electrons. The molecule has 0 spiro atoms. The Balaban J connectivity index is 3.71. The highest BCUT2D eigenvalue weighted by Gasteiger charge is 2.19. The lowest BCUT2D eigenvalue weighted by Gasteiger charge is -2.19. The normalized spacial score (nSPS) is 16.3. The molecule has 0 aromatic rings. The van der Waals surface area contributed by atoms with Crippen LogP contribution in [0.15, 0.2) is 0 Å². The Labute approximate surface area is 58.3 Å². The molecule has 0 saturated heterocycles. The fourth-order valence-electron chi connectivity index (χ4n) is 0.271. The largest absolute Gasteiger partial charge is 0.352 e. The summed E-state index contributed by atoms with van der Waals surface area (Å²) >= 11 is 5.48. The maximum atomic E-state index is 10.1. The fourth-order valence-corrected chi connectivity index (χ4v) is 0.364. The Morgan fingerprint density at radius 2 is 2.33 bits per heavy atom. The summed E-state index contributed by atoms with van der Waals surface area (Å²) in [7, 11) is 1.36. The number of hydrogen-bond donors (Lipinski definition) is 2. The van der Waals surface area contributed by atoms with E-state index in [1.807, 2.05) is 0 Å². The van der Waals surface area contributed by atoms with Gasteiger partial charge in [0.1, 0.15) is 0 Å². The van der Waals surface area contributed by atoms with E-state index in [0.29, 0.717) is 0 Å². The van der Waals surface area contributed by atoms with E-state index in [4.69, 9.17) is 17.3 Å². The second-order valence-corrected chi connectivity index (χ2v) is 2.33. The van der Waals surface area contributed by atoms with E-state index in [-0.39, 0.29) is 0 Å². The maximum absolute atomic E-state index is 10.1. The van der Waals surface area contributed by atoms with E-state index in [9.17, 15) is 4.79 Å². The first-order valence-corrected chi connectivity index (χ1v) is 2.67. The van der Waals surface area contributed by atoms with Gasteiger partial charge >= 0.3 is 6.03 Å². The minimum atomic E-state index is -1.19. The second-order valence-electron chi connectivity index (χ2n) is 1.61. The molecule has 1 atom stereocenters. The highest BCUT2D eigenvalue weighted by atomic mass is 35.5. The van der Waals surface area contributed by atoms with Gasteiger partial charge < -0.3 is 10.5 Å². The number of hydrogen-bond acceptors (Lipinski definition) is 2. The van der Waals surface area contributed by atoms with Gasteiger partial charge in [-0.2, -0.15) is 0 Å². The summed E-state index contributed by atoms with van der Waals surface area (Å²) in [4.78, 5) is 10.1. The van der Waals surface area contributed by atoms with Gasteiger partial charge in [-0.1, -0.05) is 11.6 Å². The Bertz CT molecular complexity index is 115.